The van der Waals surface area contributed by atoms with Gasteiger partial charge in [0.2, 0.25) is 0 Å². The molecule has 2 atom stereocenters. The van der Waals surface area contributed by atoms with Gasteiger partial charge in [-0.05, 0) is 36.8 Å². The molecule has 6 heteroatoms. The molecule has 1 aromatic heterocycles. The molecule has 0 saturated carbocycles. The zero-order valence-electron chi connectivity index (χ0n) is 13.8. The molecule has 0 aliphatic carbocycles. The third-order valence-corrected chi connectivity index (χ3v) is 4.88. The van der Waals surface area contributed by atoms with Crippen molar-refractivity contribution >= 4 is 11.5 Å². The topological polar surface area (TPSA) is 59.5 Å². The van der Waals surface area contributed by atoms with E-state index in [1.807, 2.05) is 30.3 Å². The number of ether oxygens (including phenoxy) is 2. The Morgan fingerprint density at radius 2 is 2.17 bits per heavy atom. The minimum atomic E-state index is -0.0604. The van der Waals surface area contributed by atoms with Crippen molar-refractivity contribution in [2.24, 2.45) is 0 Å². The van der Waals surface area contributed by atoms with Gasteiger partial charge in [-0.3, -0.25) is 0 Å². The van der Waals surface area contributed by atoms with E-state index in [1.54, 1.807) is 19.6 Å². The fourth-order valence-corrected chi connectivity index (χ4v) is 3.66. The van der Waals surface area contributed by atoms with Crippen LogP contribution in [0, 0.1) is 0 Å². The second-order valence-corrected chi connectivity index (χ2v) is 6.51. The number of methoxy groups -OCH3 is 1. The van der Waals surface area contributed by atoms with E-state index in [9.17, 15) is 0 Å². The summed E-state index contributed by atoms with van der Waals surface area (Å²) in [6, 6.07) is 10.3. The molecule has 2 aliphatic heterocycles. The van der Waals surface area contributed by atoms with Crippen molar-refractivity contribution in [3.63, 3.8) is 0 Å². The molecule has 1 aromatic carbocycles. The molecule has 0 amide bonds. The molecule has 126 valence electrons. The monoisotopic (exact) mass is 326 g/mol. The molecular formula is C18H22N4O2. The van der Waals surface area contributed by atoms with Crippen molar-refractivity contribution in [1.29, 1.82) is 0 Å². The zero-order valence-corrected chi connectivity index (χ0v) is 13.8. The Kier molecular flexibility index (Phi) is 3.98. The van der Waals surface area contributed by atoms with Crippen LogP contribution in [0.3, 0.4) is 0 Å². The predicted molar refractivity (Wildman–Crippen MR) is 92.6 cm³/mol. The van der Waals surface area contributed by atoms with Gasteiger partial charge in [-0.15, -0.1) is 0 Å². The van der Waals surface area contributed by atoms with Crippen LogP contribution in [0.2, 0.25) is 0 Å². The lowest BCUT2D eigenvalue weighted by Crippen LogP contribution is -2.33. The predicted octanol–water partition coefficient (Wildman–Crippen LogP) is 2.34. The minimum absolute atomic E-state index is 0.0604. The first-order valence-electron chi connectivity index (χ1n) is 8.32. The molecule has 3 heterocycles. The van der Waals surface area contributed by atoms with Crippen molar-refractivity contribution in [2.45, 2.75) is 24.5 Å². The van der Waals surface area contributed by atoms with Crippen molar-refractivity contribution < 1.29 is 9.47 Å². The van der Waals surface area contributed by atoms with Gasteiger partial charge in [0.25, 0.3) is 0 Å². The minimum Gasteiger partial charge on any atom is -0.497 e. The fourth-order valence-electron chi connectivity index (χ4n) is 3.66. The zero-order chi connectivity index (χ0) is 16.4. The first-order valence-corrected chi connectivity index (χ1v) is 8.32. The molecule has 0 bridgehead atoms. The van der Waals surface area contributed by atoms with Gasteiger partial charge in [-0.2, -0.15) is 0 Å². The summed E-state index contributed by atoms with van der Waals surface area (Å²) in [4.78, 5) is 10.6. The number of anilines is 2. The van der Waals surface area contributed by atoms with Crippen LogP contribution in [0.15, 0.2) is 42.9 Å². The van der Waals surface area contributed by atoms with Gasteiger partial charge in [0.15, 0.2) is 0 Å². The maximum atomic E-state index is 6.21. The maximum absolute atomic E-state index is 6.21. The third-order valence-electron chi connectivity index (χ3n) is 4.88. The highest BCUT2D eigenvalue weighted by Gasteiger charge is 2.45. The highest BCUT2D eigenvalue weighted by atomic mass is 16.5. The van der Waals surface area contributed by atoms with E-state index < -0.39 is 0 Å². The Balaban J connectivity index is 1.37. The number of hydrogen-bond donors (Lipinski definition) is 1. The number of nitrogens with one attached hydrogen (secondary N) is 1. The Hall–Kier alpha value is -2.34. The standard InChI is InChI=1S/C18H22N4O2/c1-23-16-4-2-14(3-5-16)21-15-10-18(24-11-15)7-9-22(12-18)17-6-8-19-13-20-17/h2-6,8,13,15,21H,7,9-12H2,1H3. The van der Waals surface area contributed by atoms with Crippen LogP contribution in [0.25, 0.3) is 0 Å². The number of benzene rings is 1. The fraction of sp³-hybridized carbons (Fsp3) is 0.444. The molecule has 2 aromatic rings. The Bertz CT molecular complexity index is 679. The summed E-state index contributed by atoms with van der Waals surface area (Å²) in [6.07, 6.45) is 5.44. The number of hydrogen-bond acceptors (Lipinski definition) is 6. The van der Waals surface area contributed by atoms with E-state index in [0.717, 1.165) is 49.8 Å². The van der Waals surface area contributed by atoms with E-state index in [0.29, 0.717) is 6.04 Å². The van der Waals surface area contributed by atoms with Crippen molar-refractivity contribution in [3.05, 3.63) is 42.9 Å². The summed E-state index contributed by atoms with van der Waals surface area (Å²) in [5.74, 6) is 1.85. The van der Waals surface area contributed by atoms with Gasteiger partial charge >= 0.3 is 0 Å². The molecule has 4 rings (SSSR count). The van der Waals surface area contributed by atoms with E-state index in [2.05, 4.69) is 20.2 Å². The average Bonchev–Trinajstić information content (AvgIpc) is 3.23. The second kappa shape index (κ2) is 6.28. The van der Waals surface area contributed by atoms with E-state index in [1.165, 1.54) is 0 Å². The van der Waals surface area contributed by atoms with Gasteiger partial charge in [0.05, 0.1) is 25.4 Å². The maximum Gasteiger partial charge on any atom is 0.131 e. The van der Waals surface area contributed by atoms with Crippen LogP contribution in [0.5, 0.6) is 5.75 Å². The van der Waals surface area contributed by atoms with Crippen LogP contribution < -0.4 is 15.0 Å². The molecule has 0 radical (unpaired) electrons. The lowest BCUT2D eigenvalue weighted by molar-refractivity contribution is 0.0229. The summed E-state index contributed by atoms with van der Waals surface area (Å²) < 4.78 is 11.4. The quantitative estimate of drug-likeness (QED) is 0.930. The number of rotatable bonds is 4. The van der Waals surface area contributed by atoms with E-state index in [4.69, 9.17) is 9.47 Å². The SMILES string of the molecule is COc1ccc(NC2COC3(CCN(c4ccncn4)C3)C2)cc1. The molecule has 24 heavy (non-hydrogen) atoms. The molecule has 2 saturated heterocycles. The van der Waals surface area contributed by atoms with Crippen molar-refractivity contribution in [2.75, 3.05) is 37.0 Å². The lowest BCUT2D eigenvalue weighted by Gasteiger charge is -2.24. The molecular weight excluding hydrogens is 304 g/mol. The first-order chi connectivity index (χ1) is 11.8. The molecule has 6 nitrogen and oxygen atoms in total. The normalized spacial score (nSPS) is 26.0. The van der Waals surface area contributed by atoms with Crippen molar-refractivity contribution in [3.8, 4) is 5.75 Å². The third kappa shape index (κ3) is 3.01. The number of nitrogens with zero attached hydrogens (tertiary/aromatic N) is 3. The summed E-state index contributed by atoms with van der Waals surface area (Å²) >= 11 is 0. The van der Waals surface area contributed by atoms with Crippen LogP contribution in [0.1, 0.15) is 12.8 Å². The van der Waals surface area contributed by atoms with Gasteiger partial charge in [0, 0.05) is 31.4 Å². The summed E-state index contributed by atoms with van der Waals surface area (Å²) in [5, 5.41) is 3.57. The Morgan fingerprint density at radius 3 is 2.92 bits per heavy atom. The summed E-state index contributed by atoms with van der Waals surface area (Å²) in [7, 11) is 1.68. The molecule has 2 fully saturated rings. The highest BCUT2D eigenvalue weighted by Crippen LogP contribution is 2.37. The van der Waals surface area contributed by atoms with Gasteiger partial charge < -0.3 is 19.7 Å². The molecule has 1 N–H and O–H groups in total. The molecule has 1 spiro atoms. The summed E-state index contributed by atoms with van der Waals surface area (Å²) in [6.45, 7) is 2.61. The first kappa shape index (κ1) is 15.2. The molecule has 2 aliphatic rings. The van der Waals surface area contributed by atoms with E-state index in [-0.39, 0.29) is 5.60 Å². The van der Waals surface area contributed by atoms with Crippen LogP contribution in [0.4, 0.5) is 11.5 Å². The van der Waals surface area contributed by atoms with Gasteiger partial charge in [-0.25, -0.2) is 9.97 Å². The van der Waals surface area contributed by atoms with Gasteiger partial charge in [-0.1, -0.05) is 0 Å². The highest BCUT2D eigenvalue weighted by molar-refractivity contribution is 5.47. The average molecular weight is 326 g/mol. The Morgan fingerprint density at radius 1 is 1.29 bits per heavy atom. The van der Waals surface area contributed by atoms with Crippen LogP contribution in [-0.2, 0) is 4.74 Å². The Labute approximate surface area is 141 Å². The van der Waals surface area contributed by atoms with E-state index >= 15 is 0 Å². The van der Waals surface area contributed by atoms with Crippen LogP contribution >= 0.6 is 0 Å². The second-order valence-electron chi connectivity index (χ2n) is 6.51. The summed E-state index contributed by atoms with van der Waals surface area (Å²) in [5.41, 5.74) is 1.04. The van der Waals surface area contributed by atoms with Gasteiger partial charge in [0.1, 0.15) is 17.9 Å². The van der Waals surface area contributed by atoms with Crippen LogP contribution in [-0.4, -0.2) is 48.4 Å². The number of aromatic nitrogens is 2. The smallest absolute Gasteiger partial charge is 0.131 e. The largest absolute Gasteiger partial charge is 0.497 e. The lowest BCUT2D eigenvalue weighted by atomic mass is 9.97. The van der Waals surface area contributed by atoms with Crippen molar-refractivity contribution in [1.82, 2.24) is 9.97 Å². The molecule has 2 unspecified atom stereocenters.